The molecule has 1 N–H and O–H groups in total. The SMILES string of the molecule is CCS(=O)(=O)Nc1sccc1C#N. The van der Waals surface area contributed by atoms with Crippen LogP contribution < -0.4 is 4.72 Å². The summed E-state index contributed by atoms with van der Waals surface area (Å²) < 4.78 is 24.6. The van der Waals surface area contributed by atoms with Crippen molar-refractivity contribution in [3.63, 3.8) is 0 Å². The van der Waals surface area contributed by atoms with Gasteiger partial charge in [-0.15, -0.1) is 11.3 Å². The van der Waals surface area contributed by atoms with Crippen LogP contribution in [0.5, 0.6) is 0 Å². The number of sulfonamides is 1. The van der Waals surface area contributed by atoms with Crippen molar-refractivity contribution >= 4 is 26.4 Å². The standard InChI is InChI=1S/C7H8N2O2S2/c1-2-13(10,11)9-7-6(5-8)3-4-12-7/h3-4,9H,2H2,1H3. The number of rotatable bonds is 3. The molecule has 0 aromatic carbocycles. The van der Waals surface area contributed by atoms with Crippen molar-refractivity contribution < 1.29 is 8.42 Å². The van der Waals surface area contributed by atoms with Crippen molar-refractivity contribution in [2.45, 2.75) is 6.92 Å². The van der Waals surface area contributed by atoms with Gasteiger partial charge in [0.05, 0.1) is 11.3 Å². The molecule has 13 heavy (non-hydrogen) atoms. The van der Waals surface area contributed by atoms with Gasteiger partial charge in [0.1, 0.15) is 11.1 Å². The van der Waals surface area contributed by atoms with Crippen LogP contribution in [0, 0.1) is 11.3 Å². The predicted octanol–water partition coefficient (Wildman–Crippen LogP) is 1.38. The van der Waals surface area contributed by atoms with Gasteiger partial charge in [-0.25, -0.2) is 8.42 Å². The van der Waals surface area contributed by atoms with E-state index in [4.69, 9.17) is 5.26 Å². The summed E-state index contributed by atoms with van der Waals surface area (Å²) in [7, 11) is -3.27. The second-order valence-electron chi connectivity index (χ2n) is 2.28. The zero-order valence-corrected chi connectivity index (χ0v) is 8.58. The van der Waals surface area contributed by atoms with E-state index in [-0.39, 0.29) is 5.75 Å². The Morgan fingerprint density at radius 3 is 2.92 bits per heavy atom. The van der Waals surface area contributed by atoms with Gasteiger partial charge < -0.3 is 0 Å². The van der Waals surface area contributed by atoms with Crippen LogP contribution in [-0.4, -0.2) is 14.2 Å². The van der Waals surface area contributed by atoms with Crippen LogP contribution in [0.25, 0.3) is 0 Å². The van der Waals surface area contributed by atoms with Crippen LogP contribution in [0.2, 0.25) is 0 Å². The van der Waals surface area contributed by atoms with Gasteiger partial charge in [0.2, 0.25) is 10.0 Å². The number of hydrogen-bond donors (Lipinski definition) is 1. The smallest absolute Gasteiger partial charge is 0.233 e. The van der Waals surface area contributed by atoms with Gasteiger partial charge in [0.15, 0.2) is 0 Å². The molecule has 1 rings (SSSR count). The molecule has 0 saturated carbocycles. The molecule has 1 aromatic heterocycles. The minimum absolute atomic E-state index is 0.00969. The zero-order chi connectivity index (χ0) is 9.90. The maximum atomic E-state index is 11.1. The highest BCUT2D eigenvalue weighted by Gasteiger charge is 2.10. The van der Waals surface area contributed by atoms with Crippen LogP contribution in [0.3, 0.4) is 0 Å². The monoisotopic (exact) mass is 216 g/mol. The molecule has 70 valence electrons. The first kappa shape index (κ1) is 10.0. The summed E-state index contributed by atoms with van der Waals surface area (Å²) in [4.78, 5) is 0. The zero-order valence-electron chi connectivity index (χ0n) is 6.94. The Balaban J connectivity index is 2.94. The minimum Gasteiger partial charge on any atom is -0.273 e. The van der Waals surface area contributed by atoms with Gasteiger partial charge in [-0.05, 0) is 18.4 Å². The molecule has 0 aliphatic carbocycles. The lowest BCUT2D eigenvalue weighted by Crippen LogP contribution is -2.14. The summed E-state index contributed by atoms with van der Waals surface area (Å²) in [5.74, 6) is 0.00969. The topological polar surface area (TPSA) is 70.0 Å². The molecule has 0 radical (unpaired) electrons. The highest BCUT2D eigenvalue weighted by molar-refractivity contribution is 7.92. The lowest BCUT2D eigenvalue weighted by Gasteiger charge is -2.02. The Labute approximate surface area is 80.9 Å². The summed E-state index contributed by atoms with van der Waals surface area (Å²) in [5, 5.41) is 10.7. The average molecular weight is 216 g/mol. The van der Waals surface area contributed by atoms with E-state index in [0.717, 1.165) is 0 Å². The van der Waals surface area contributed by atoms with E-state index in [9.17, 15) is 8.42 Å². The Morgan fingerprint density at radius 2 is 2.38 bits per heavy atom. The van der Waals surface area contributed by atoms with Crippen molar-refractivity contribution in [3.05, 3.63) is 17.0 Å². The van der Waals surface area contributed by atoms with Crippen molar-refractivity contribution in [2.75, 3.05) is 10.5 Å². The molecular formula is C7H8N2O2S2. The second-order valence-corrected chi connectivity index (χ2v) is 5.21. The molecule has 0 unspecified atom stereocenters. The van der Waals surface area contributed by atoms with Gasteiger partial charge in [-0.3, -0.25) is 4.72 Å². The van der Waals surface area contributed by atoms with Gasteiger partial charge in [0, 0.05) is 0 Å². The average Bonchev–Trinajstić information content (AvgIpc) is 2.51. The summed E-state index contributed by atoms with van der Waals surface area (Å²) in [6.45, 7) is 1.54. The quantitative estimate of drug-likeness (QED) is 0.829. The summed E-state index contributed by atoms with van der Waals surface area (Å²) in [6, 6.07) is 3.49. The molecule has 6 heteroatoms. The van der Waals surface area contributed by atoms with Gasteiger partial charge in [-0.1, -0.05) is 0 Å². The van der Waals surface area contributed by atoms with E-state index < -0.39 is 10.0 Å². The van der Waals surface area contributed by atoms with Gasteiger partial charge >= 0.3 is 0 Å². The minimum atomic E-state index is -3.27. The highest BCUT2D eigenvalue weighted by Crippen LogP contribution is 2.23. The largest absolute Gasteiger partial charge is 0.273 e. The number of nitrogens with zero attached hydrogens (tertiary/aromatic N) is 1. The molecule has 0 aliphatic heterocycles. The van der Waals surface area contributed by atoms with Crippen LogP contribution in [0.4, 0.5) is 5.00 Å². The van der Waals surface area contributed by atoms with Crippen molar-refractivity contribution in [3.8, 4) is 6.07 Å². The molecule has 0 fully saturated rings. The summed E-state index contributed by atoms with van der Waals surface area (Å²) >= 11 is 1.20. The molecule has 1 heterocycles. The summed E-state index contributed by atoms with van der Waals surface area (Å²) in [5.41, 5.74) is 0.363. The molecule has 0 spiro atoms. The van der Waals surface area contributed by atoms with Crippen molar-refractivity contribution in [1.29, 1.82) is 5.26 Å². The molecule has 0 bridgehead atoms. The fourth-order valence-electron chi connectivity index (χ4n) is 0.690. The maximum absolute atomic E-state index is 11.1. The molecule has 4 nitrogen and oxygen atoms in total. The Hall–Kier alpha value is -1.06. The van der Waals surface area contributed by atoms with E-state index in [1.54, 1.807) is 18.4 Å². The summed E-state index contributed by atoms with van der Waals surface area (Å²) in [6.07, 6.45) is 0. The third-order valence-electron chi connectivity index (χ3n) is 1.41. The van der Waals surface area contributed by atoms with E-state index in [1.165, 1.54) is 11.3 Å². The molecule has 0 saturated heterocycles. The molecule has 0 atom stereocenters. The number of anilines is 1. The second kappa shape index (κ2) is 3.77. The van der Waals surface area contributed by atoms with E-state index in [2.05, 4.69) is 4.72 Å². The van der Waals surface area contributed by atoms with E-state index in [0.29, 0.717) is 10.6 Å². The number of thiophene rings is 1. The first-order valence-electron chi connectivity index (χ1n) is 3.57. The van der Waals surface area contributed by atoms with E-state index in [1.807, 2.05) is 6.07 Å². The number of nitrogens with one attached hydrogen (secondary N) is 1. The third kappa shape index (κ3) is 2.44. The lowest BCUT2D eigenvalue weighted by molar-refractivity contribution is 0.602. The molecule has 0 amide bonds. The Morgan fingerprint density at radius 1 is 1.69 bits per heavy atom. The third-order valence-corrected chi connectivity index (χ3v) is 3.65. The molecule has 0 aliphatic rings. The van der Waals surface area contributed by atoms with Crippen LogP contribution >= 0.6 is 11.3 Å². The van der Waals surface area contributed by atoms with Crippen LogP contribution in [0.1, 0.15) is 12.5 Å². The van der Waals surface area contributed by atoms with E-state index >= 15 is 0 Å². The van der Waals surface area contributed by atoms with Crippen LogP contribution in [0.15, 0.2) is 11.4 Å². The van der Waals surface area contributed by atoms with Gasteiger partial charge in [0.25, 0.3) is 0 Å². The lowest BCUT2D eigenvalue weighted by atomic mass is 10.4. The maximum Gasteiger partial charge on any atom is 0.233 e. The first-order chi connectivity index (χ1) is 6.09. The van der Waals surface area contributed by atoms with Crippen molar-refractivity contribution in [2.24, 2.45) is 0 Å². The molecule has 1 aromatic rings. The first-order valence-corrected chi connectivity index (χ1v) is 6.10. The fraction of sp³-hybridized carbons (Fsp3) is 0.286. The van der Waals surface area contributed by atoms with Gasteiger partial charge in [-0.2, -0.15) is 5.26 Å². The normalized spacial score (nSPS) is 10.8. The van der Waals surface area contributed by atoms with Crippen LogP contribution in [-0.2, 0) is 10.0 Å². The van der Waals surface area contributed by atoms with Crippen molar-refractivity contribution in [1.82, 2.24) is 0 Å². The predicted molar refractivity (Wildman–Crippen MR) is 52.1 cm³/mol. The Bertz CT molecular complexity index is 428. The Kier molecular flexibility index (Phi) is 2.90. The highest BCUT2D eigenvalue weighted by atomic mass is 32.2. The fourth-order valence-corrected chi connectivity index (χ4v) is 2.38. The molecular weight excluding hydrogens is 208 g/mol. The number of hydrogen-bond acceptors (Lipinski definition) is 4. The number of nitriles is 1.